The molecule has 2 aromatic heterocycles. The van der Waals surface area contributed by atoms with E-state index in [4.69, 9.17) is 10.2 Å². The zero-order valence-electron chi connectivity index (χ0n) is 15.9. The Balaban J connectivity index is 1.93. The van der Waals surface area contributed by atoms with E-state index in [0.717, 1.165) is 0 Å². The number of fused-ring (bicyclic) bond motifs is 1. The van der Waals surface area contributed by atoms with E-state index >= 15 is 0 Å². The van der Waals surface area contributed by atoms with E-state index in [1.54, 1.807) is 31.2 Å². The van der Waals surface area contributed by atoms with Crippen molar-refractivity contribution < 1.29 is 8.81 Å². The summed E-state index contributed by atoms with van der Waals surface area (Å²) in [6.45, 7) is 1.73. The molecule has 0 amide bonds. The highest BCUT2D eigenvalue weighted by Crippen LogP contribution is 2.32. The topological polar surface area (TPSA) is 118 Å². The van der Waals surface area contributed by atoms with Gasteiger partial charge in [-0.1, -0.05) is 36.4 Å². The molecule has 2 aromatic carbocycles. The number of halogens is 1. The molecule has 4 rings (SSSR count). The summed E-state index contributed by atoms with van der Waals surface area (Å²) < 4.78 is 20.3. The average Bonchev–Trinajstić information content (AvgIpc) is 2.75. The van der Waals surface area contributed by atoms with Crippen molar-refractivity contribution in [2.75, 3.05) is 11.1 Å². The first-order valence-corrected chi connectivity index (χ1v) is 9.09. The lowest BCUT2D eigenvalue weighted by Crippen LogP contribution is -2.20. The molecule has 0 aliphatic rings. The largest absolute Gasteiger partial charge is 0.452 e. The van der Waals surface area contributed by atoms with Crippen molar-refractivity contribution in [3.63, 3.8) is 0 Å². The van der Waals surface area contributed by atoms with Crippen LogP contribution >= 0.6 is 0 Å². The third kappa shape index (κ3) is 3.33. The van der Waals surface area contributed by atoms with Crippen molar-refractivity contribution >= 4 is 22.7 Å². The molecule has 0 bridgehead atoms. The van der Waals surface area contributed by atoms with Crippen molar-refractivity contribution in [3.8, 4) is 17.4 Å². The zero-order chi connectivity index (χ0) is 21.3. The van der Waals surface area contributed by atoms with Crippen LogP contribution in [-0.2, 0) is 0 Å². The molecule has 0 saturated carbocycles. The molecule has 148 valence electrons. The Morgan fingerprint density at radius 2 is 1.97 bits per heavy atom. The van der Waals surface area contributed by atoms with Gasteiger partial charge in [-0.25, -0.2) is 9.37 Å². The molecule has 1 atom stereocenters. The van der Waals surface area contributed by atoms with E-state index in [1.165, 1.54) is 24.4 Å². The zero-order valence-corrected chi connectivity index (χ0v) is 15.9. The fourth-order valence-corrected chi connectivity index (χ4v) is 3.26. The number of nitrogens with one attached hydrogen (secondary N) is 1. The Morgan fingerprint density at radius 1 is 1.20 bits per heavy atom. The lowest BCUT2D eigenvalue weighted by atomic mass is 9.99. The minimum absolute atomic E-state index is 0.0143. The van der Waals surface area contributed by atoms with Crippen LogP contribution in [-0.4, -0.2) is 9.97 Å². The van der Waals surface area contributed by atoms with Gasteiger partial charge in [0.05, 0.1) is 23.2 Å². The van der Waals surface area contributed by atoms with Gasteiger partial charge in [0.15, 0.2) is 16.8 Å². The Kier molecular flexibility index (Phi) is 4.86. The number of nitriles is 1. The van der Waals surface area contributed by atoms with Crippen molar-refractivity contribution in [3.05, 3.63) is 81.9 Å². The summed E-state index contributed by atoms with van der Waals surface area (Å²) in [4.78, 5) is 21.2. The number of rotatable bonds is 4. The van der Waals surface area contributed by atoms with Gasteiger partial charge in [-0.15, -0.1) is 0 Å². The lowest BCUT2D eigenvalue weighted by molar-refractivity contribution is 0.553. The van der Waals surface area contributed by atoms with E-state index in [-0.39, 0.29) is 45.1 Å². The van der Waals surface area contributed by atoms with E-state index in [0.29, 0.717) is 5.56 Å². The second-order valence-electron chi connectivity index (χ2n) is 6.62. The maximum absolute atomic E-state index is 14.4. The highest BCUT2D eigenvalue weighted by molar-refractivity contribution is 5.81. The minimum atomic E-state index is -0.634. The Bertz CT molecular complexity index is 1350. The summed E-state index contributed by atoms with van der Waals surface area (Å²) in [6, 6.07) is 14.5. The number of hydrogen-bond donors (Lipinski definition) is 2. The first kappa shape index (κ1) is 19.1. The maximum atomic E-state index is 14.4. The molecule has 0 aliphatic heterocycles. The standard InChI is InChI=1S/C22H16FN5O2/c1-12(27-21-14(10-24)11-26-22(25)28-21)17-18(29)15-8-5-9-16(23)20(15)30-19(17)13-6-3-2-4-7-13/h2-9,11-12H,1H3,(H3,25,26,27,28). The Hall–Kier alpha value is -4.25. The smallest absolute Gasteiger partial charge is 0.222 e. The minimum Gasteiger partial charge on any atom is -0.452 e. The van der Waals surface area contributed by atoms with Crippen molar-refractivity contribution in [1.82, 2.24) is 9.97 Å². The first-order valence-electron chi connectivity index (χ1n) is 9.09. The summed E-state index contributed by atoms with van der Waals surface area (Å²) in [5.41, 5.74) is 6.23. The normalized spacial score (nSPS) is 11.8. The molecule has 4 aromatic rings. The van der Waals surface area contributed by atoms with Crippen LogP contribution in [0.5, 0.6) is 0 Å². The van der Waals surface area contributed by atoms with E-state index in [9.17, 15) is 14.4 Å². The molecule has 1 unspecified atom stereocenters. The summed E-state index contributed by atoms with van der Waals surface area (Å²) >= 11 is 0. The highest BCUT2D eigenvalue weighted by Gasteiger charge is 2.23. The van der Waals surface area contributed by atoms with Crippen LogP contribution in [0.15, 0.2) is 63.9 Å². The molecule has 8 heteroatoms. The van der Waals surface area contributed by atoms with Crippen molar-refractivity contribution in [2.24, 2.45) is 0 Å². The number of nitrogens with zero attached hydrogens (tertiary/aromatic N) is 3. The number of benzene rings is 2. The molecule has 0 radical (unpaired) electrons. The molecule has 0 spiro atoms. The van der Waals surface area contributed by atoms with Crippen LogP contribution < -0.4 is 16.5 Å². The van der Waals surface area contributed by atoms with Crippen LogP contribution in [0.25, 0.3) is 22.3 Å². The molecule has 2 heterocycles. The predicted molar refractivity (Wildman–Crippen MR) is 111 cm³/mol. The van der Waals surface area contributed by atoms with Gasteiger partial charge in [0, 0.05) is 5.56 Å². The molecule has 30 heavy (non-hydrogen) atoms. The predicted octanol–water partition coefficient (Wildman–Crippen LogP) is 4.02. The van der Waals surface area contributed by atoms with Gasteiger partial charge in [0.1, 0.15) is 23.2 Å². The number of hydrogen-bond acceptors (Lipinski definition) is 7. The molecule has 3 N–H and O–H groups in total. The van der Waals surface area contributed by atoms with Gasteiger partial charge in [-0.05, 0) is 19.1 Å². The quantitative estimate of drug-likeness (QED) is 0.530. The third-order valence-corrected chi connectivity index (χ3v) is 4.66. The van der Waals surface area contributed by atoms with E-state index in [2.05, 4.69) is 15.3 Å². The van der Waals surface area contributed by atoms with Gasteiger partial charge >= 0.3 is 0 Å². The molecule has 7 nitrogen and oxygen atoms in total. The number of nitrogens with two attached hydrogens (primary N) is 1. The Morgan fingerprint density at radius 3 is 2.70 bits per heavy atom. The van der Waals surface area contributed by atoms with Gasteiger partial charge in [0.2, 0.25) is 5.95 Å². The van der Waals surface area contributed by atoms with Gasteiger partial charge < -0.3 is 15.5 Å². The second kappa shape index (κ2) is 7.64. The van der Waals surface area contributed by atoms with Crippen molar-refractivity contribution in [2.45, 2.75) is 13.0 Å². The molecule has 0 fully saturated rings. The van der Waals surface area contributed by atoms with Gasteiger partial charge in [-0.2, -0.15) is 10.2 Å². The third-order valence-electron chi connectivity index (χ3n) is 4.66. The monoisotopic (exact) mass is 401 g/mol. The fraction of sp³-hybridized carbons (Fsp3) is 0.0909. The van der Waals surface area contributed by atoms with Crippen LogP contribution in [0.3, 0.4) is 0 Å². The number of aromatic nitrogens is 2. The summed E-state index contributed by atoms with van der Waals surface area (Å²) in [6.07, 6.45) is 1.30. The number of nitrogen functional groups attached to an aromatic ring is 1. The van der Waals surface area contributed by atoms with Gasteiger partial charge in [-0.3, -0.25) is 4.79 Å². The van der Waals surface area contributed by atoms with Gasteiger partial charge in [0.25, 0.3) is 0 Å². The second-order valence-corrected chi connectivity index (χ2v) is 6.62. The van der Waals surface area contributed by atoms with Crippen LogP contribution in [0.4, 0.5) is 16.2 Å². The highest BCUT2D eigenvalue weighted by atomic mass is 19.1. The van der Waals surface area contributed by atoms with E-state index < -0.39 is 11.9 Å². The fourth-order valence-electron chi connectivity index (χ4n) is 3.26. The Labute approximate surface area is 170 Å². The van der Waals surface area contributed by atoms with Crippen LogP contribution in [0.1, 0.15) is 24.1 Å². The SMILES string of the molecule is CC(Nc1nc(N)ncc1C#N)c1c(-c2ccccc2)oc2c(F)cccc2c1=O. The number of anilines is 2. The number of para-hydroxylation sites is 1. The molecule has 0 aliphatic carbocycles. The molecule has 0 saturated heterocycles. The molecular formula is C22H16FN5O2. The summed E-state index contributed by atoms with van der Waals surface area (Å²) in [7, 11) is 0. The van der Waals surface area contributed by atoms with Crippen LogP contribution in [0, 0.1) is 17.1 Å². The maximum Gasteiger partial charge on any atom is 0.222 e. The first-order chi connectivity index (χ1) is 14.5. The van der Waals surface area contributed by atoms with Crippen LogP contribution in [0.2, 0.25) is 0 Å². The lowest BCUT2D eigenvalue weighted by Gasteiger charge is -2.18. The molecular weight excluding hydrogens is 385 g/mol. The average molecular weight is 401 g/mol. The summed E-state index contributed by atoms with van der Waals surface area (Å²) in [5.74, 6) is -0.210. The van der Waals surface area contributed by atoms with E-state index in [1.807, 2.05) is 12.1 Å². The van der Waals surface area contributed by atoms with Crippen molar-refractivity contribution in [1.29, 1.82) is 5.26 Å². The summed E-state index contributed by atoms with van der Waals surface area (Å²) in [5, 5.41) is 12.5.